The van der Waals surface area contributed by atoms with Gasteiger partial charge in [0.2, 0.25) is 0 Å². The van der Waals surface area contributed by atoms with Crippen LogP contribution in [0.2, 0.25) is 5.02 Å². The fourth-order valence-corrected chi connectivity index (χ4v) is 8.12. The highest BCUT2D eigenvalue weighted by molar-refractivity contribution is 7.92. The van der Waals surface area contributed by atoms with E-state index in [9.17, 15) is 31.5 Å². The number of amides is 1. The van der Waals surface area contributed by atoms with Gasteiger partial charge in [-0.3, -0.25) is 4.79 Å². The van der Waals surface area contributed by atoms with E-state index in [2.05, 4.69) is 5.32 Å². The van der Waals surface area contributed by atoms with Gasteiger partial charge in [-0.05, 0) is 62.1 Å². The van der Waals surface area contributed by atoms with Gasteiger partial charge in [0.1, 0.15) is 0 Å². The summed E-state index contributed by atoms with van der Waals surface area (Å²) in [6, 6.07) is 4.96. The Bertz CT molecular complexity index is 1180. The molecule has 2 aromatic carbocycles. The summed E-state index contributed by atoms with van der Waals surface area (Å²) in [6.45, 7) is 1.88. The number of carbonyl (C=O) groups excluding carboxylic acids is 1. The highest BCUT2D eigenvalue weighted by Crippen LogP contribution is 2.52. The van der Waals surface area contributed by atoms with Crippen LogP contribution < -0.4 is 5.32 Å². The van der Waals surface area contributed by atoms with Crippen LogP contribution in [-0.4, -0.2) is 30.3 Å². The number of sulfone groups is 1. The summed E-state index contributed by atoms with van der Waals surface area (Å²) in [5.74, 6) is -5.85. The molecule has 2 unspecified atom stereocenters. The van der Waals surface area contributed by atoms with Crippen molar-refractivity contribution in [1.82, 2.24) is 0 Å². The van der Waals surface area contributed by atoms with Crippen molar-refractivity contribution in [3.63, 3.8) is 0 Å². The lowest BCUT2D eigenvalue weighted by Crippen LogP contribution is -2.45. The third-order valence-corrected chi connectivity index (χ3v) is 9.76. The Kier molecular flexibility index (Phi) is 6.26. The minimum Gasteiger partial charge on any atom is -0.390 e. The molecule has 2 aromatic rings. The first-order valence-corrected chi connectivity index (χ1v) is 12.6. The second-order valence-electron chi connectivity index (χ2n) is 8.95. The van der Waals surface area contributed by atoms with Crippen molar-refractivity contribution >= 4 is 33.0 Å². The van der Waals surface area contributed by atoms with Gasteiger partial charge < -0.3 is 10.4 Å². The molecule has 0 aliphatic heterocycles. The van der Waals surface area contributed by atoms with Crippen LogP contribution in [0.3, 0.4) is 0 Å². The topological polar surface area (TPSA) is 83.5 Å². The summed E-state index contributed by atoms with van der Waals surface area (Å²) < 4.78 is 67.2. The van der Waals surface area contributed by atoms with E-state index in [4.69, 9.17) is 11.6 Å². The molecular formula is C23H23ClF3NO4S. The van der Waals surface area contributed by atoms with Gasteiger partial charge in [-0.1, -0.05) is 18.5 Å². The predicted molar refractivity (Wildman–Crippen MR) is 117 cm³/mol. The molecule has 5 nitrogen and oxygen atoms in total. The Morgan fingerprint density at radius 3 is 2.24 bits per heavy atom. The second kappa shape index (κ2) is 8.60. The molecule has 2 fully saturated rings. The van der Waals surface area contributed by atoms with Crippen LogP contribution in [0.15, 0.2) is 35.2 Å². The molecule has 2 aliphatic rings. The summed E-state index contributed by atoms with van der Waals surface area (Å²) in [5.41, 5.74) is -1.28. The standard InChI is InChI=1S/C23H23ClF3NO4S/c1-2-23(30)10-13-3-4-14(11-23)21(13)33(31,32)19-7-12(5-6-16(19)24)22(29)28-15-8-17(25)20(27)18(26)9-15/h5-9,13-14,21,30H,2-4,10-11H2,1H3,(H,28,29). The number of fused-ring (bicyclic) bond motifs is 2. The fourth-order valence-electron chi connectivity index (χ4n) is 5.27. The first kappa shape index (κ1) is 24.0. The Hall–Kier alpha value is -2.10. The number of hydrogen-bond acceptors (Lipinski definition) is 4. The Labute approximate surface area is 194 Å². The second-order valence-corrected chi connectivity index (χ2v) is 11.4. The molecule has 0 spiro atoms. The Morgan fingerprint density at radius 2 is 1.70 bits per heavy atom. The molecule has 10 heteroatoms. The zero-order valence-corrected chi connectivity index (χ0v) is 19.3. The minimum absolute atomic E-state index is 0.0406. The first-order valence-electron chi connectivity index (χ1n) is 10.7. The largest absolute Gasteiger partial charge is 0.390 e. The van der Waals surface area contributed by atoms with E-state index in [1.165, 1.54) is 12.1 Å². The quantitative estimate of drug-likeness (QED) is 0.557. The molecule has 178 valence electrons. The predicted octanol–water partition coefficient (Wildman–Crippen LogP) is 5.11. The third-order valence-electron chi connectivity index (χ3n) is 6.88. The van der Waals surface area contributed by atoms with E-state index in [0.29, 0.717) is 44.2 Å². The smallest absolute Gasteiger partial charge is 0.255 e. The van der Waals surface area contributed by atoms with Crippen LogP contribution in [0, 0.1) is 29.3 Å². The number of aliphatic hydroxyl groups is 1. The maximum Gasteiger partial charge on any atom is 0.255 e. The third kappa shape index (κ3) is 4.38. The fraction of sp³-hybridized carbons (Fsp3) is 0.435. The van der Waals surface area contributed by atoms with Gasteiger partial charge in [-0.15, -0.1) is 0 Å². The van der Waals surface area contributed by atoms with Crippen molar-refractivity contribution in [3.8, 4) is 0 Å². The number of benzene rings is 2. The number of carbonyl (C=O) groups is 1. The number of anilines is 1. The molecule has 0 heterocycles. The van der Waals surface area contributed by atoms with Crippen LogP contribution in [-0.2, 0) is 9.84 Å². The van der Waals surface area contributed by atoms with Crippen LogP contribution in [0.1, 0.15) is 49.4 Å². The Morgan fingerprint density at radius 1 is 1.12 bits per heavy atom. The maximum absolute atomic E-state index is 13.6. The molecule has 33 heavy (non-hydrogen) atoms. The van der Waals surface area contributed by atoms with E-state index in [1.807, 2.05) is 6.92 Å². The van der Waals surface area contributed by atoms with Crippen LogP contribution in [0.25, 0.3) is 0 Å². The van der Waals surface area contributed by atoms with E-state index in [1.54, 1.807) is 0 Å². The molecule has 2 bridgehead atoms. The monoisotopic (exact) mass is 501 g/mol. The summed E-state index contributed by atoms with van der Waals surface area (Å²) in [4.78, 5) is 12.4. The molecule has 0 aromatic heterocycles. The average molecular weight is 502 g/mol. The van der Waals surface area contributed by atoms with Gasteiger partial charge in [0.25, 0.3) is 5.91 Å². The number of nitrogens with one attached hydrogen (secondary N) is 1. The highest BCUT2D eigenvalue weighted by atomic mass is 35.5. The zero-order chi connectivity index (χ0) is 24.1. The van der Waals surface area contributed by atoms with Crippen LogP contribution >= 0.6 is 11.6 Å². The molecule has 0 radical (unpaired) electrons. The first-order chi connectivity index (χ1) is 15.4. The van der Waals surface area contributed by atoms with Gasteiger partial charge in [-0.2, -0.15) is 0 Å². The number of halogens is 4. The highest BCUT2D eigenvalue weighted by Gasteiger charge is 2.53. The van der Waals surface area contributed by atoms with Gasteiger partial charge in [0.15, 0.2) is 27.3 Å². The molecular weight excluding hydrogens is 479 g/mol. The summed E-state index contributed by atoms with van der Waals surface area (Å²) in [5, 5.41) is 12.2. The van der Waals surface area contributed by atoms with Crippen LogP contribution in [0.4, 0.5) is 18.9 Å². The van der Waals surface area contributed by atoms with Gasteiger partial charge in [0, 0.05) is 23.4 Å². The molecule has 4 rings (SSSR count). The van der Waals surface area contributed by atoms with Crippen molar-refractivity contribution in [2.45, 2.75) is 54.8 Å². The van der Waals surface area contributed by atoms with Crippen LogP contribution in [0.5, 0.6) is 0 Å². The number of rotatable bonds is 5. The van der Waals surface area contributed by atoms with E-state index < -0.39 is 44.0 Å². The van der Waals surface area contributed by atoms with Crippen molar-refractivity contribution in [2.75, 3.05) is 5.32 Å². The molecule has 2 atom stereocenters. The number of hydrogen-bond donors (Lipinski definition) is 2. The molecule has 0 saturated heterocycles. The molecule has 2 saturated carbocycles. The van der Waals surface area contributed by atoms with Gasteiger partial charge >= 0.3 is 0 Å². The van der Waals surface area contributed by atoms with Gasteiger partial charge in [0.05, 0.1) is 20.8 Å². The maximum atomic E-state index is 13.6. The normalized spacial score (nSPS) is 26.9. The molecule has 2 N–H and O–H groups in total. The van der Waals surface area contributed by atoms with E-state index >= 15 is 0 Å². The zero-order valence-electron chi connectivity index (χ0n) is 17.7. The summed E-state index contributed by atoms with van der Waals surface area (Å²) in [7, 11) is -3.93. The molecule has 2 aliphatic carbocycles. The van der Waals surface area contributed by atoms with Crippen molar-refractivity contribution in [2.24, 2.45) is 11.8 Å². The lowest BCUT2D eigenvalue weighted by atomic mass is 9.76. The summed E-state index contributed by atoms with van der Waals surface area (Å²) >= 11 is 6.22. The van der Waals surface area contributed by atoms with Crippen molar-refractivity contribution in [3.05, 3.63) is 58.4 Å². The van der Waals surface area contributed by atoms with Gasteiger partial charge in [-0.25, -0.2) is 21.6 Å². The summed E-state index contributed by atoms with van der Waals surface area (Å²) in [6.07, 6.45) is 2.72. The van der Waals surface area contributed by atoms with E-state index in [-0.39, 0.29) is 33.0 Å². The average Bonchev–Trinajstić information content (AvgIpc) is 3.05. The lowest BCUT2D eigenvalue weighted by molar-refractivity contribution is -0.0219. The van der Waals surface area contributed by atoms with Crippen molar-refractivity contribution < 1.29 is 31.5 Å². The SMILES string of the molecule is CCC1(O)CC2CCC(C1)C2S(=O)(=O)c1cc(C(=O)Nc2cc(F)c(F)c(F)c2)ccc1Cl. The van der Waals surface area contributed by atoms with Crippen molar-refractivity contribution in [1.29, 1.82) is 0 Å². The minimum atomic E-state index is -3.93. The Balaban J connectivity index is 1.63. The molecule has 1 amide bonds. The lowest BCUT2D eigenvalue weighted by Gasteiger charge is -2.40. The van der Waals surface area contributed by atoms with E-state index in [0.717, 1.165) is 6.07 Å².